The van der Waals surface area contributed by atoms with E-state index in [2.05, 4.69) is 13.8 Å². The average molecular weight is 455 g/mol. The van der Waals surface area contributed by atoms with Crippen LogP contribution in [0.5, 0.6) is 0 Å². The quantitative estimate of drug-likeness (QED) is 0.375. The molecule has 0 amide bonds. The fourth-order valence-electron chi connectivity index (χ4n) is 8.62. The molecule has 32 heavy (non-hydrogen) atoms. The van der Waals surface area contributed by atoms with Crippen molar-refractivity contribution in [2.75, 3.05) is 0 Å². The molecule has 4 aliphatic carbocycles. The molecule has 0 saturated heterocycles. The van der Waals surface area contributed by atoms with Crippen LogP contribution in [0.15, 0.2) is 0 Å². The molecular formula is C29H49F3. The van der Waals surface area contributed by atoms with Crippen molar-refractivity contribution in [1.29, 1.82) is 0 Å². The molecule has 4 rings (SSSR count). The Bertz CT molecular complexity index is 549. The SMILES string of the molecule is CCCC1CCC(C2CCC(C3CCC(C4CCC(CC)C(F)C4)CC3)C(F)C2F)CC1. The van der Waals surface area contributed by atoms with Crippen molar-refractivity contribution in [2.24, 2.45) is 47.3 Å². The fraction of sp³-hybridized carbons (Fsp3) is 1.00. The Morgan fingerprint density at radius 3 is 1.56 bits per heavy atom. The van der Waals surface area contributed by atoms with E-state index in [1.54, 1.807) is 0 Å². The molecule has 7 unspecified atom stereocenters. The summed E-state index contributed by atoms with van der Waals surface area (Å²) in [7, 11) is 0. The van der Waals surface area contributed by atoms with Crippen molar-refractivity contribution < 1.29 is 13.2 Å². The van der Waals surface area contributed by atoms with Crippen molar-refractivity contribution in [3.63, 3.8) is 0 Å². The summed E-state index contributed by atoms with van der Waals surface area (Å²) in [4.78, 5) is 0. The third-order valence-corrected chi connectivity index (χ3v) is 10.7. The van der Waals surface area contributed by atoms with Gasteiger partial charge >= 0.3 is 0 Å². The van der Waals surface area contributed by atoms with E-state index in [1.165, 1.54) is 32.1 Å². The fourth-order valence-corrected chi connectivity index (χ4v) is 8.62. The molecule has 0 spiro atoms. The topological polar surface area (TPSA) is 0 Å². The first-order chi connectivity index (χ1) is 15.5. The molecular weight excluding hydrogens is 405 g/mol. The summed E-state index contributed by atoms with van der Waals surface area (Å²) < 4.78 is 45.2. The molecule has 0 aromatic rings. The normalized spacial score (nSPS) is 48.5. The highest BCUT2D eigenvalue weighted by Gasteiger charge is 2.47. The molecule has 4 aliphatic rings. The highest BCUT2D eigenvalue weighted by Crippen LogP contribution is 2.50. The molecule has 186 valence electrons. The summed E-state index contributed by atoms with van der Waals surface area (Å²) in [5, 5.41) is 0. The summed E-state index contributed by atoms with van der Waals surface area (Å²) in [6, 6.07) is 0. The van der Waals surface area contributed by atoms with E-state index < -0.39 is 18.5 Å². The van der Waals surface area contributed by atoms with Gasteiger partial charge in [0.2, 0.25) is 0 Å². The van der Waals surface area contributed by atoms with Gasteiger partial charge in [0.1, 0.15) is 18.5 Å². The zero-order valence-corrected chi connectivity index (χ0v) is 20.8. The van der Waals surface area contributed by atoms with Gasteiger partial charge in [-0.1, -0.05) is 46.0 Å². The standard InChI is InChI=1S/C29H49F3/c1-3-5-19-6-8-22(9-7-19)25-16-17-26(29(32)28(25)31)23-13-11-21(12-14-23)24-15-10-20(4-2)27(30)18-24/h19-29H,3-18H2,1-2H3. The lowest BCUT2D eigenvalue weighted by Crippen LogP contribution is -2.45. The maximum atomic E-state index is 15.4. The van der Waals surface area contributed by atoms with Crippen LogP contribution in [0.3, 0.4) is 0 Å². The van der Waals surface area contributed by atoms with Gasteiger partial charge in [-0.05, 0) is 118 Å². The Kier molecular flexibility index (Phi) is 8.93. The second-order valence-corrected chi connectivity index (χ2v) is 12.3. The van der Waals surface area contributed by atoms with E-state index >= 15 is 8.78 Å². The maximum Gasteiger partial charge on any atom is 0.134 e. The summed E-state index contributed by atoms with van der Waals surface area (Å²) in [5.41, 5.74) is 0. The first-order valence-electron chi connectivity index (χ1n) is 14.4. The van der Waals surface area contributed by atoms with Gasteiger partial charge in [-0.15, -0.1) is 0 Å². The summed E-state index contributed by atoms with van der Waals surface area (Å²) in [5.74, 6) is 2.92. The Morgan fingerprint density at radius 1 is 0.562 bits per heavy atom. The molecule has 0 nitrogen and oxygen atoms in total. The molecule has 3 heteroatoms. The van der Waals surface area contributed by atoms with Crippen LogP contribution in [0.4, 0.5) is 13.2 Å². The zero-order chi connectivity index (χ0) is 22.7. The minimum absolute atomic E-state index is 0.0320. The molecule has 0 aliphatic heterocycles. The van der Waals surface area contributed by atoms with E-state index in [0.29, 0.717) is 23.7 Å². The Hall–Kier alpha value is -0.210. The first-order valence-corrected chi connectivity index (χ1v) is 14.4. The molecule has 4 fully saturated rings. The third-order valence-electron chi connectivity index (χ3n) is 10.7. The van der Waals surface area contributed by atoms with Crippen LogP contribution in [-0.4, -0.2) is 18.5 Å². The van der Waals surface area contributed by atoms with Gasteiger partial charge in [0.15, 0.2) is 0 Å². The van der Waals surface area contributed by atoms with Gasteiger partial charge < -0.3 is 0 Å². The third kappa shape index (κ3) is 5.54. The number of halogens is 3. The minimum Gasteiger partial charge on any atom is -0.247 e. The van der Waals surface area contributed by atoms with Crippen LogP contribution < -0.4 is 0 Å². The van der Waals surface area contributed by atoms with Gasteiger partial charge in [0, 0.05) is 0 Å². The van der Waals surface area contributed by atoms with Crippen molar-refractivity contribution in [3.05, 3.63) is 0 Å². The first kappa shape index (κ1) is 24.9. The van der Waals surface area contributed by atoms with Gasteiger partial charge in [0.25, 0.3) is 0 Å². The zero-order valence-electron chi connectivity index (χ0n) is 20.8. The summed E-state index contributed by atoms with van der Waals surface area (Å²) >= 11 is 0. The Balaban J connectivity index is 1.24. The lowest BCUT2D eigenvalue weighted by Gasteiger charge is -2.45. The van der Waals surface area contributed by atoms with Crippen LogP contribution in [0.25, 0.3) is 0 Å². The lowest BCUT2D eigenvalue weighted by molar-refractivity contribution is -0.0397. The summed E-state index contributed by atoms with van der Waals surface area (Å²) in [6.45, 7) is 4.36. The second-order valence-electron chi connectivity index (χ2n) is 12.3. The highest BCUT2D eigenvalue weighted by molar-refractivity contribution is 4.96. The number of rotatable bonds is 6. The van der Waals surface area contributed by atoms with E-state index in [0.717, 1.165) is 76.5 Å². The van der Waals surface area contributed by atoms with Crippen LogP contribution in [0.2, 0.25) is 0 Å². The molecule has 0 bridgehead atoms. The van der Waals surface area contributed by atoms with E-state index in [1.807, 2.05) is 0 Å². The largest absolute Gasteiger partial charge is 0.247 e. The highest BCUT2D eigenvalue weighted by atomic mass is 19.2. The predicted octanol–water partition coefficient (Wildman–Crippen LogP) is 9.27. The molecule has 4 saturated carbocycles. The van der Waals surface area contributed by atoms with Crippen molar-refractivity contribution >= 4 is 0 Å². The molecule has 0 radical (unpaired) electrons. The van der Waals surface area contributed by atoms with Crippen molar-refractivity contribution in [2.45, 2.75) is 135 Å². The van der Waals surface area contributed by atoms with E-state index in [9.17, 15) is 4.39 Å². The van der Waals surface area contributed by atoms with Crippen molar-refractivity contribution in [3.8, 4) is 0 Å². The van der Waals surface area contributed by atoms with E-state index in [-0.39, 0.29) is 17.8 Å². The van der Waals surface area contributed by atoms with Gasteiger partial charge in [-0.25, -0.2) is 13.2 Å². The Labute approximate surface area is 195 Å². The molecule has 7 atom stereocenters. The number of alkyl halides is 3. The molecule has 0 aromatic heterocycles. The average Bonchev–Trinajstić information content (AvgIpc) is 2.82. The lowest BCUT2D eigenvalue weighted by atomic mass is 9.62. The minimum atomic E-state index is -1.25. The van der Waals surface area contributed by atoms with Gasteiger partial charge in [-0.2, -0.15) is 0 Å². The second kappa shape index (κ2) is 11.5. The number of hydrogen-bond donors (Lipinski definition) is 0. The smallest absolute Gasteiger partial charge is 0.134 e. The Morgan fingerprint density at radius 2 is 1.06 bits per heavy atom. The van der Waals surface area contributed by atoms with Crippen LogP contribution in [0.1, 0.15) is 117 Å². The van der Waals surface area contributed by atoms with Crippen LogP contribution >= 0.6 is 0 Å². The van der Waals surface area contributed by atoms with Gasteiger partial charge in [0.05, 0.1) is 0 Å². The molecule has 0 aromatic carbocycles. The monoisotopic (exact) mass is 454 g/mol. The van der Waals surface area contributed by atoms with Crippen LogP contribution in [0, 0.1) is 47.3 Å². The van der Waals surface area contributed by atoms with E-state index in [4.69, 9.17) is 0 Å². The predicted molar refractivity (Wildman–Crippen MR) is 128 cm³/mol. The molecule has 0 N–H and O–H groups in total. The van der Waals surface area contributed by atoms with Crippen LogP contribution in [-0.2, 0) is 0 Å². The number of hydrogen-bond acceptors (Lipinski definition) is 0. The molecule has 0 heterocycles. The van der Waals surface area contributed by atoms with Gasteiger partial charge in [-0.3, -0.25) is 0 Å². The maximum absolute atomic E-state index is 15.4. The summed E-state index contributed by atoms with van der Waals surface area (Å²) in [6.07, 6.45) is 14.2. The van der Waals surface area contributed by atoms with Crippen molar-refractivity contribution in [1.82, 2.24) is 0 Å².